The Morgan fingerprint density at radius 3 is 1.61 bits per heavy atom. The number of hydrogen-bond donors (Lipinski definition) is 0. The third kappa shape index (κ3) is 8.23. The van der Waals surface area contributed by atoms with E-state index in [0.29, 0.717) is 24.7 Å². The average molecular weight is 450 g/mol. The Labute approximate surface area is 194 Å². The zero-order valence-electron chi connectivity index (χ0n) is 18.7. The maximum absolute atomic E-state index is 13.1. The van der Waals surface area contributed by atoms with Gasteiger partial charge in [-0.2, -0.15) is 0 Å². The van der Waals surface area contributed by atoms with Crippen molar-refractivity contribution in [2.45, 2.75) is 44.9 Å². The maximum atomic E-state index is 13.1. The summed E-state index contributed by atoms with van der Waals surface area (Å²) in [5.41, 5.74) is 2.84. The summed E-state index contributed by atoms with van der Waals surface area (Å²) in [5.74, 6) is -0.486. The van der Waals surface area contributed by atoms with Crippen molar-refractivity contribution in [2.75, 3.05) is 13.2 Å². The fourth-order valence-corrected chi connectivity index (χ4v) is 3.51. The van der Waals surface area contributed by atoms with E-state index in [-0.39, 0.29) is 0 Å². The van der Waals surface area contributed by atoms with Crippen LogP contribution in [0.2, 0.25) is 0 Å². The van der Waals surface area contributed by atoms with Crippen molar-refractivity contribution in [2.24, 2.45) is 0 Å². The Hall–Kier alpha value is -3.39. The van der Waals surface area contributed by atoms with Crippen LogP contribution < -0.4 is 9.47 Å². The molecular weight excluding hydrogens is 420 g/mol. The Bertz CT molecular complexity index is 1030. The smallest absolute Gasteiger partial charge is 0.187 e. The van der Waals surface area contributed by atoms with Gasteiger partial charge in [0.05, 0.1) is 19.8 Å². The van der Waals surface area contributed by atoms with Gasteiger partial charge in [-0.3, -0.25) is 0 Å². The molecule has 5 heteroatoms. The Kier molecular flexibility index (Phi) is 9.72. The summed E-state index contributed by atoms with van der Waals surface area (Å²) < 4.78 is 37.3. The zero-order valence-corrected chi connectivity index (χ0v) is 18.7. The van der Waals surface area contributed by atoms with E-state index < -0.39 is 11.6 Å². The molecule has 0 saturated heterocycles. The fraction of sp³-hybridized carbons (Fsp3) is 0.321. The standard InChI is InChI=1S/C28H29F2NO2/c1-31-24-13-9-22(10-14-24)23-11-15-25(16-12-23)32-19-7-5-3-2-4-6-8-20-33-26-17-18-27(29)28(30)21-26/h9-18,21H,2-8,19-20H2. The van der Waals surface area contributed by atoms with E-state index in [9.17, 15) is 8.78 Å². The van der Waals surface area contributed by atoms with Gasteiger partial charge in [0.1, 0.15) is 11.5 Å². The first kappa shape index (κ1) is 24.3. The lowest BCUT2D eigenvalue weighted by atomic mass is 10.1. The van der Waals surface area contributed by atoms with Gasteiger partial charge >= 0.3 is 0 Å². The van der Waals surface area contributed by atoms with Crippen LogP contribution in [-0.2, 0) is 0 Å². The number of ether oxygens (including phenoxy) is 2. The van der Waals surface area contributed by atoms with Gasteiger partial charge in [-0.25, -0.2) is 13.6 Å². The molecule has 172 valence electrons. The maximum Gasteiger partial charge on any atom is 0.187 e. The molecule has 0 heterocycles. The quantitative estimate of drug-likeness (QED) is 0.193. The van der Waals surface area contributed by atoms with Gasteiger partial charge in [-0.15, -0.1) is 0 Å². The van der Waals surface area contributed by atoms with Crippen LogP contribution in [0.4, 0.5) is 14.5 Å². The molecule has 3 aromatic carbocycles. The van der Waals surface area contributed by atoms with Crippen LogP contribution in [0.5, 0.6) is 11.5 Å². The van der Waals surface area contributed by atoms with E-state index in [1.165, 1.54) is 18.9 Å². The normalized spacial score (nSPS) is 10.6. The zero-order chi connectivity index (χ0) is 23.3. The summed E-state index contributed by atoms with van der Waals surface area (Å²) in [6.07, 6.45) is 7.62. The molecule has 0 saturated carbocycles. The van der Waals surface area contributed by atoms with Crippen molar-refractivity contribution in [3.05, 3.63) is 89.8 Å². The predicted octanol–water partition coefficient (Wildman–Crippen LogP) is 8.37. The van der Waals surface area contributed by atoms with E-state index in [1.54, 1.807) is 0 Å². The van der Waals surface area contributed by atoms with E-state index >= 15 is 0 Å². The highest BCUT2D eigenvalue weighted by atomic mass is 19.2. The topological polar surface area (TPSA) is 22.8 Å². The summed E-state index contributed by atoms with van der Waals surface area (Å²) in [4.78, 5) is 3.42. The van der Waals surface area contributed by atoms with Crippen LogP contribution in [0, 0.1) is 18.2 Å². The SMILES string of the molecule is [C-]#[N+]c1ccc(-c2ccc(OCCCCCCCCCOc3ccc(F)c(F)c3)cc2)cc1. The first-order chi connectivity index (χ1) is 16.2. The van der Waals surface area contributed by atoms with Crippen LogP contribution in [0.15, 0.2) is 66.7 Å². The van der Waals surface area contributed by atoms with Crippen LogP contribution in [0.3, 0.4) is 0 Å². The lowest BCUT2D eigenvalue weighted by Crippen LogP contribution is -1.98. The van der Waals surface area contributed by atoms with Crippen molar-refractivity contribution in [3.63, 3.8) is 0 Å². The van der Waals surface area contributed by atoms with Crippen LogP contribution in [-0.4, -0.2) is 13.2 Å². The Balaban J connectivity index is 1.20. The van der Waals surface area contributed by atoms with Crippen molar-refractivity contribution in [1.82, 2.24) is 0 Å². The minimum atomic E-state index is -0.877. The second-order valence-electron chi connectivity index (χ2n) is 7.93. The van der Waals surface area contributed by atoms with Crippen molar-refractivity contribution < 1.29 is 18.3 Å². The molecule has 0 aromatic heterocycles. The molecule has 0 aliphatic carbocycles. The molecule has 0 aliphatic rings. The molecule has 0 bridgehead atoms. The number of halogens is 2. The molecule has 0 aliphatic heterocycles. The fourth-order valence-electron chi connectivity index (χ4n) is 3.51. The predicted molar refractivity (Wildman–Crippen MR) is 128 cm³/mol. The molecule has 0 spiro atoms. The summed E-state index contributed by atoms with van der Waals surface area (Å²) in [6, 6.07) is 19.3. The number of unbranched alkanes of at least 4 members (excludes halogenated alkanes) is 6. The second-order valence-corrected chi connectivity index (χ2v) is 7.93. The van der Waals surface area contributed by atoms with Crippen molar-refractivity contribution >= 4 is 5.69 Å². The van der Waals surface area contributed by atoms with Crippen molar-refractivity contribution in [3.8, 4) is 22.6 Å². The lowest BCUT2D eigenvalue weighted by Gasteiger charge is -2.08. The molecule has 0 atom stereocenters. The minimum absolute atomic E-state index is 0.374. The van der Waals surface area contributed by atoms with Gasteiger partial charge in [0.25, 0.3) is 0 Å². The van der Waals surface area contributed by atoms with Crippen LogP contribution in [0.1, 0.15) is 44.9 Å². The van der Waals surface area contributed by atoms with Gasteiger partial charge in [-0.05, 0) is 48.2 Å². The second kappa shape index (κ2) is 13.2. The van der Waals surface area contributed by atoms with Gasteiger partial charge in [0.2, 0.25) is 0 Å². The van der Waals surface area contributed by atoms with Crippen molar-refractivity contribution in [1.29, 1.82) is 0 Å². The molecular formula is C28H29F2NO2. The highest BCUT2D eigenvalue weighted by Gasteiger charge is 2.03. The first-order valence-electron chi connectivity index (χ1n) is 11.4. The molecule has 33 heavy (non-hydrogen) atoms. The molecule has 0 unspecified atom stereocenters. The highest BCUT2D eigenvalue weighted by molar-refractivity contribution is 5.66. The first-order valence-corrected chi connectivity index (χ1v) is 11.4. The van der Waals surface area contributed by atoms with Crippen LogP contribution >= 0.6 is 0 Å². The van der Waals surface area contributed by atoms with E-state index in [1.807, 2.05) is 48.5 Å². The van der Waals surface area contributed by atoms with Gasteiger partial charge < -0.3 is 9.47 Å². The Morgan fingerprint density at radius 2 is 1.06 bits per heavy atom. The molecule has 3 nitrogen and oxygen atoms in total. The van der Waals surface area contributed by atoms with Crippen LogP contribution in [0.25, 0.3) is 16.0 Å². The number of benzene rings is 3. The third-order valence-corrected chi connectivity index (χ3v) is 5.40. The largest absolute Gasteiger partial charge is 0.494 e. The van der Waals surface area contributed by atoms with E-state index in [4.69, 9.17) is 16.0 Å². The Morgan fingerprint density at radius 1 is 0.576 bits per heavy atom. The summed E-state index contributed by atoms with van der Waals surface area (Å²) >= 11 is 0. The van der Waals surface area contributed by atoms with E-state index in [2.05, 4.69) is 4.85 Å². The summed E-state index contributed by atoms with van der Waals surface area (Å²) in [7, 11) is 0. The number of rotatable bonds is 13. The number of nitrogens with zero attached hydrogens (tertiary/aromatic N) is 1. The highest BCUT2D eigenvalue weighted by Crippen LogP contribution is 2.25. The minimum Gasteiger partial charge on any atom is -0.494 e. The lowest BCUT2D eigenvalue weighted by molar-refractivity contribution is 0.298. The summed E-state index contributed by atoms with van der Waals surface area (Å²) in [5, 5.41) is 0. The van der Waals surface area contributed by atoms with Gasteiger partial charge in [0.15, 0.2) is 17.3 Å². The van der Waals surface area contributed by atoms with Gasteiger partial charge in [0, 0.05) is 6.07 Å². The van der Waals surface area contributed by atoms with E-state index in [0.717, 1.165) is 61.1 Å². The average Bonchev–Trinajstić information content (AvgIpc) is 2.85. The summed E-state index contributed by atoms with van der Waals surface area (Å²) in [6.45, 7) is 8.25. The molecule has 0 radical (unpaired) electrons. The van der Waals surface area contributed by atoms with Gasteiger partial charge in [-0.1, -0.05) is 68.5 Å². The molecule has 0 fully saturated rings. The molecule has 3 aromatic rings. The monoisotopic (exact) mass is 449 g/mol. The molecule has 3 rings (SSSR count). The third-order valence-electron chi connectivity index (χ3n) is 5.40. The molecule has 0 amide bonds. The number of hydrogen-bond acceptors (Lipinski definition) is 2. The molecule has 0 N–H and O–H groups in total.